The van der Waals surface area contributed by atoms with Gasteiger partial charge < -0.3 is 11.1 Å². The number of carbonyl (C=O) groups excluding carboxylic acids is 1. The fraction of sp³-hybridized carbons (Fsp3) is 0. The van der Waals surface area contributed by atoms with Crippen molar-refractivity contribution in [2.24, 2.45) is 0 Å². The minimum Gasteiger partial charge on any atom is -0.399 e. The first kappa shape index (κ1) is 13.3. The fourth-order valence-corrected chi connectivity index (χ4v) is 1.76. The summed E-state index contributed by atoms with van der Waals surface area (Å²) in [6, 6.07) is 7.36. The zero-order chi connectivity index (χ0) is 14.0. The van der Waals surface area contributed by atoms with Crippen LogP contribution in [0.3, 0.4) is 0 Å². The Balaban J connectivity index is 2.31. The van der Waals surface area contributed by atoms with E-state index in [4.69, 9.17) is 17.3 Å². The normalized spacial score (nSPS) is 10.3. The summed E-state index contributed by atoms with van der Waals surface area (Å²) in [7, 11) is 0. The first-order valence-electron chi connectivity index (χ1n) is 5.29. The molecule has 2 aromatic carbocycles. The van der Waals surface area contributed by atoms with Crippen LogP contribution in [-0.2, 0) is 0 Å². The summed E-state index contributed by atoms with van der Waals surface area (Å²) < 4.78 is 26.6. The van der Waals surface area contributed by atoms with Gasteiger partial charge in [0.2, 0.25) is 0 Å². The highest BCUT2D eigenvalue weighted by Crippen LogP contribution is 2.25. The van der Waals surface area contributed by atoms with Gasteiger partial charge in [0.15, 0.2) is 0 Å². The molecule has 0 heterocycles. The highest BCUT2D eigenvalue weighted by Gasteiger charge is 2.13. The lowest BCUT2D eigenvalue weighted by Crippen LogP contribution is -2.14. The number of amides is 1. The van der Waals surface area contributed by atoms with Crippen LogP contribution in [0.2, 0.25) is 5.02 Å². The molecule has 98 valence electrons. The molecule has 3 nitrogen and oxygen atoms in total. The van der Waals surface area contributed by atoms with Gasteiger partial charge in [0.1, 0.15) is 11.6 Å². The van der Waals surface area contributed by atoms with Gasteiger partial charge >= 0.3 is 0 Å². The zero-order valence-corrected chi connectivity index (χ0v) is 10.3. The van der Waals surface area contributed by atoms with Crippen LogP contribution in [0.4, 0.5) is 20.2 Å². The number of carbonyl (C=O) groups is 1. The smallest absolute Gasteiger partial charge is 0.255 e. The van der Waals surface area contributed by atoms with Gasteiger partial charge in [-0.1, -0.05) is 17.7 Å². The Hall–Kier alpha value is -2.14. The van der Waals surface area contributed by atoms with Crippen LogP contribution in [0, 0.1) is 11.6 Å². The zero-order valence-electron chi connectivity index (χ0n) is 9.58. The molecular formula is C13H9ClF2N2O. The summed E-state index contributed by atoms with van der Waals surface area (Å²) in [4.78, 5) is 11.9. The van der Waals surface area contributed by atoms with E-state index < -0.39 is 17.5 Å². The molecule has 0 bridgehead atoms. The number of nitrogen functional groups attached to an aromatic ring is 1. The molecule has 0 spiro atoms. The third-order valence-corrected chi connectivity index (χ3v) is 2.70. The molecule has 1 amide bonds. The Morgan fingerprint density at radius 3 is 2.58 bits per heavy atom. The van der Waals surface area contributed by atoms with Crippen LogP contribution in [-0.4, -0.2) is 5.91 Å². The van der Waals surface area contributed by atoms with Gasteiger partial charge in [0, 0.05) is 11.3 Å². The van der Waals surface area contributed by atoms with Gasteiger partial charge in [-0.25, -0.2) is 8.78 Å². The molecule has 0 unspecified atom stereocenters. The van der Waals surface area contributed by atoms with Crippen molar-refractivity contribution >= 4 is 28.9 Å². The number of hydrogen-bond donors (Lipinski definition) is 2. The molecule has 2 rings (SSSR count). The van der Waals surface area contributed by atoms with E-state index in [-0.39, 0.29) is 22.0 Å². The van der Waals surface area contributed by atoms with E-state index in [2.05, 4.69) is 5.32 Å². The van der Waals surface area contributed by atoms with E-state index >= 15 is 0 Å². The second kappa shape index (κ2) is 5.24. The molecule has 19 heavy (non-hydrogen) atoms. The van der Waals surface area contributed by atoms with E-state index in [9.17, 15) is 13.6 Å². The van der Waals surface area contributed by atoms with Crippen molar-refractivity contribution in [2.45, 2.75) is 0 Å². The molecule has 0 saturated carbocycles. The molecule has 0 fully saturated rings. The van der Waals surface area contributed by atoms with Crippen molar-refractivity contribution in [3.05, 3.63) is 58.6 Å². The Labute approximate surface area is 113 Å². The van der Waals surface area contributed by atoms with Crippen LogP contribution < -0.4 is 11.1 Å². The number of benzene rings is 2. The van der Waals surface area contributed by atoms with Gasteiger partial charge in [-0.05, 0) is 30.3 Å². The van der Waals surface area contributed by atoms with Crippen LogP contribution in [0.1, 0.15) is 10.4 Å². The second-order valence-corrected chi connectivity index (χ2v) is 4.23. The molecule has 2 aromatic rings. The van der Waals surface area contributed by atoms with Gasteiger partial charge in [-0.15, -0.1) is 0 Å². The van der Waals surface area contributed by atoms with E-state index in [1.54, 1.807) is 0 Å². The predicted octanol–water partition coefficient (Wildman–Crippen LogP) is 3.45. The van der Waals surface area contributed by atoms with Crippen molar-refractivity contribution in [3.8, 4) is 0 Å². The van der Waals surface area contributed by atoms with Crippen molar-refractivity contribution < 1.29 is 13.6 Å². The molecular weight excluding hydrogens is 274 g/mol. The monoisotopic (exact) mass is 282 g/mol. The molecule has 0 aliphatic carbocycles. The quantitative estimate of drug-likeness (QED) is 0.829. The summed E-state index contributed by atoms with van der Waals surface area (Å²) in [5.74, 6) is -2.02. The number of anilines is 2. The Morgan fingerprint density at radius 2 is 1.95 bits per heavy atom. The number of nitrogens with one attached hydrogen (secondary N) is 1. The summed E-state index contributed by atoms with van der Waals surface area (Å²) in [6.45, 7) is 0. The highest BCUT2D eigenvalue weighted by atomic mass is 35.5. The Bertz CT molecular complexity index is 606. The maximum atomic E-state index is 13.5. The summed E-state index contributed by atoms with van der Waals surface area (Å²) >= 11 is 5.77. The largest absolute Gasteiger partial charge is 0.399 e. The molecule has 3 N–H and O–H groups in total. The van der Waals surface area contributed by atoms with E-state index in [1.165, 1.54) is 18.2 Å². The molecule has 0 radical (unpaired) electrons. The molecule has 0 aromatic heterocycles. The van der Waals surface area contributed by atoms with Crippen molar-refractivity contribution in [1.29, 1.82) is 0 Å². The molecule has 0 atom stereocenters. The lowest BCUT2D eigenvalue weighted by Gasteiger charge is -2.08. The molecule has 6 heteroatoms. The van der Waals surface area contributed by atoms with Gasteiger partial charge in [0.05, 0.1) is 10.7 Å². The third-order valence-electron chi connectivity index (χ3n) is 2.38. The first-order valence-corrected chi connectivity index (χ1v) is 5.66. The van der Waals surface area contributed by atoms with E-state index in [0.29, 0.717) is 0 Å². The lowest BCUT2D eigenvalue weighted by molar-refractivity contribution is 0.102. The minimum atomic E-state index is -0.696. The number of hydrogen-bond acceptors (Lipinski definition) is 2. The minimum absolute atomic E-state index is 0.0168. The van der Waals surface area contributed by atoms with E-state index in [1.807, 2.05) is 0 Å². The maximum absolute atomic E-state index is 13.5. The fourth-order valence-electron chi connectivity index (χ4n) is 1.55. The van der Waals surface area contributed by atoms with E-state index in [0.717, 1.165) is 18.2 Å². The maximum Gasteiger partial charge on any atom is 0.255 e. The van der Waals surface area contributed by atoms with Crippen LogP contribution in [0.5, 0.6) is 0 Å². The highest BCUT2D eigenvalue weighted by molar-refractivity contribution is 6.34. The number of nitrogens with two attached hydrogens (primary N) is 1. The molecule has 0 aliphatic heterocycles. The van der Waals surface area contributed by atoms with Crippen LogP contribution >= 0.6 is 11.6 Å². The van der Waals surface area contributed by atoms with Crippen molar-refractivity contribution in [1.82, 2.24) is 0 Å². The Kier molecular flexibility index (Phi) is 3.66. The summed E-state index contributed by atoms with van der Waals surface area (Å²) in [6.07, 6.45) is 0. The average Bonchev–Trinajstić information content (AvgIpc) is 2.32. The first-order chi connectivity index (χ1) is 8.97. The summed E-state index contributed by atoms with van der Waals surface area (Å²) in [5.41, 5.74) is 5.36. The van der Waals surface area contributed by atoms with Crippen molar-refractivity contribution in [2.75, 3.05) is 11.1 Å². The second-order valence-electron chi connectivity index (χ2n) is 3.82. The third kappa shape index (κ3) is 3.00. The van der Waals surface area contributed by atoms with Gasteiger partial charge in [-0.2, -0.15) is 0 Å². The lowest BCUT2D eigenvalue weighted by atomic mass is 10.1. The van der Waals surface area contributed by atoms with Crippen LogP contribution in [0.25, 0.3) is 0 Å². The van der Waals surface area contributed by atoms with Gasteiger partial charge in [0.25, 0.3) is 5.91 Å². The molecule has 0 saturated heterocycles. The van der Waals surface area contributed by atoms with Gasteiger partial charge in [-0.3, -0.25) is 4.79 Å². The number of para-hydroxylation sites is 1. The Morgan fingerprint density at radius 1 is 1.21 bits per heavy atom. The number of rotatable bonds is 2. The SMILES string of the molecule is Nc1cc(F)cc(C(=O)Nc2c(F)cccc2Cl)c1. The summed E-state index contributed by atoms with van der Waals surface area (Å²) in [5, 5.41) is 2.33. The average molecular weight is 283 g/mol. The predicted molar refractivity (Wildman–Crippen MR) is 70.2 cm³/mol. The van der Waals surface area contributed by atoms with Crippen LogP contribution in [0.15, 0.2) is 36.4 Å². The topological polar surface area (TPSA) is 55.1 Å². The molecule has 0 aliphatic rings. The standard InChI is InChI=1S/C13H9ClF2N2O/c14-10-2-1-3-11(16)12(10)18-13(19)7-4-8(15)6-9(17)5-7/h1-6H,17H2,(H,18,19). The van der Waals surface area contributed by atoms with Crippen molar-refractivity contribution in [3.63, 3.8) is 0 Å². The number of halogens is 3.